The number of benzene rings is 4. The molecule has 2 heterocycles. The number of fused-ring (bicyclic) bond motifs is 1. The number of likely N-dealkylation sites (tertiary alicyclic amines) is 1. The van der Waals surface area contributed by atoms with Crippen LogP contribution >= 0.6 is 24.8 Å². The molecule has 4 aromatic rings. The van der Waals surface area contributed by atoms with Gasteiger partial charge in [-0.2, -0.15) is 0 Å². The van der Waals surface area contributed by atoms with Crippen LogP contribution in [0.1, 0.15) is 58.3 Å². The number of Topliss-reactive ketones (excluding diaryl/α,β-unsaturated/α-hetero) is 1. The van der Waals surface area contributed by atoms with Gasteiger partial charge < -0.3 is 0 Å². The van der Waals surface area contributed by atoms with Crippen LogP contribution in [0.3, 0.4) is 0 Å². The van der Waals surface area contributed by atoms with Crippen molar-refractivity contribution >= 4 is 30.6 Å². The Morgan fingerprint density at radius 1 is 0.659 bits per heavy atom. The van der Waals surface area contributed by atoms with Gasteiger partial charge in [-0.3, -0.25) is 14.6 Å². The maximum Gasteiger partial charge on any atom is 0.162 e. The molecule has 0 bridgehead atoms. The molecule has 6 rings (SSSR count). The average Bonchev–Trinajstić information content (AvgIpc) is 3.24. The maximum atomic E-state index is 13.3. The minimum Gasteiger partial charge on any atom is -0.299 e. The van der Waals surface area contributed by atoms with E-state index in [1.165, 1.54) is 52.8 Å². The molecule has 2 aliphatic heterocycles. The lowest BCUT2D eigenvalue weighted by Gasteiger charge is -2.32. The molecule has 44 heavy (non-hydrogen) atoms. The van der Waals surface area contributed by atoms with Crippen LogP contribution in [-0.4, -0.2) is 41.8 Å². The van der Waals surface area contributed by atoms with Crippen molar-refractivity contribution in [3.05, 3.63) is 131 Å². The summed E-state index contributed by atoms with van der Waals surface area (Å²) in [6.07, 6.45) is 5.90. The second-order valence-corrected chi connectivity index (χ2v) is 12.1. The Kier molecular flexibility index (Phi) is 12.6. The van der Waals surface area contributed by atoms with Crippen LogP contribution in [-0.2, 0) is 25.9 Å². The van der Waals surface area contributed by atoms with E-state index in [9.17, 15) is 9.18 Å². The largest absolute Gasteiger partial charge is 0.299 e. The summed E-state index contributed by atoms with van der Waals surface area (Å²) in [7, 11) is 0. The van der Waals surface area contributed by atoms with Crippen LogP contribution in [0.4, 0.5) is 4.39 Å². The zero-order chi connectivity index (χ0) is 28.7. The van der Waals surface area contributed by atoms with Gasteiger partial charge in [0.1, 0.15) is 5.82 Å². The fourth-order valence-electron chi connectivity index (χ4n) is 6.56. The van der Waals surface area contributed by atoms with Gasteiger partial charge in [0.25, 0.3) is 0 Å². The van der Waals surface area contributed by atoms with Gasteiger partial charge in [0.2, 0.25) is 0 Å². The number of carbonyl (C=O) groups excluding carboxylic acids is 1. The third-order valence-corrected chi connectivity index (χ3v) is 9.20. The zero-order valence-corrected chi connectivity index (χ0v) is 26.9. The number of hydrogen-bond donors (Lipinski definition) is 0. The van der Waals surface area contributed by atoms with Gasteiger partial charge in [-0.15, -0.1) is 24.8 Å². The molecular formula is C38H43Cl2FN2O. The molecular weight excluding hydrogens is 590 g/mol. The fourth-order valence-corrected chi connectivity index (χ4v) is 6.56. The minimum atomic E-state index is -0.189. The first-order valence-electron chi connectivity index (χ1n) is 15.6. The van der Waals surface area contributed by atoms with E-state index in [1.54, 1.807) is 0 Å². The molecule has 1 fully saturated rings. The molecule has 1 saturated heterocycles. The first-order valence-corrected chi connectivity index (χ1v) is 15.6. The Morgan fingerprint density at radius 3 is 1.89 bits per heavy atom. The number of rotatable bonds is 9. The van der Waals surface area contributed by atoms with Crippen LogP contribution in [0, 0.1) is 11.7 Å². The van der Waals surface area contributed by atoms with Gasteiger partial charge in [-0.1, -0.05) is 78.9 Å². The summed E-state index contributed by atoms with van der Waals surface area (Å²) in [5.41, 5.74) is 8.57. The van der Waals surface area contributed by atoms with Crippen LogP contribution in [0.15, 0.2) is 97.1 Å². The van der Waals surface area contributed by atoms with Crippen LogP contribution in [0.2, 0.25) is 0 Å². The molecule has 4 aromatic carbocycles. The van der Waals surface area contributed by atoms with E-state index in [0.29, 0.717) is 12.3 Å². The quantitative estimate of drug-likeness (QED) is 0.172. The van der Waals surface area contributed by atoms with Gasteiger partial charge in [0, 0.05) is 38.2 Å². The Labute approximate surface area is 274 Å². The molecule has 0 spiro atoms. The molecule has 3 nitrogen and oxygen atoms in total. The lowest BCUT2D eigenvalue weighted by molar-refractivity contribution is 0.0961. The van der Waals surface area contributed by atoms with E-state index in [1.807, 2.05) is 18.2 Å². The number of ketones is 1. The Hall–Kier alpha value is -3.02. The van der Waals surface area contributed by atoms with Crippen LogP contribution in [0.5, 0.6) is 0 Å². The molecule has 0 unspecified atom stereocenters. The van der Waals surface area contributed by atoms with Gasteiger partial charge in [0.15, 0.2) is 5.78 Å². The molecule has 6 heteroatoms. The predicted molar refractivity (Wildman–Crippen MR) is 183 cm³/mol. The summed E-state index contributed by atoms with van der Waals surface area (Å²) in [6, 6.07) is 32.7. The van der Waals surface area contributed by atoms with Gasteiger partial charge >= 0.3 is 0 Å². The van der Waals surface area contributed by atoms with Crippen molar-refractivity contribution in [3.8, 4) is 11.1 Å². The van der Waals surface area contributed by atoms with Crippen molar-refractivity contribution in [1.29, 1.82) is 0 Å². The number of piperidine rings is 1. The van der Waals surface area contributed by atoms with Gasteiger partial charge in [-0.25, -0.2) is 4.39 Å². The van der Waals surface area contributed by atoms with Crippen molar-refractivity contribution in [1.82, 2.24) is 9.80 Å². The van der Waals surface area contributed by atoms with E-state index in [4.69, 9.17) is 0 Å². The molecule has 0 radical (unpaired) electrons. The molecule has 0 amide bonds. The highest BCUT2D eigenvalue weighted by Gasteiger charge is 2.21. The normalized spacial score (nSPS) is 15.8. The number of nitrogens with zero attached hydrogens (tertiary/aromatic N) is 2. The molecule has 0 N–H and O–H groups in total. The number of carbonyl (C=O) groups is 1. The Bertz CT molecular complexity index is 1470. The van der Waals surface area contributed by atoms with E-state index < -0.39 is 0 Å². The molecule has 0 aromatic heterocycles. The van der Waals surface area contributed by atoms with E-state index >= 15 is 0 Å². The van der Waals surface area contributed by atoms with E-state index in [2.05, 4.69) is 76.5 Å². The van der Waals surface area contributed by atoms with Crippen molar-refractivity contribution < 1.29 is 9.18 Å². The molecule has 0 aliphatic carbocycles. The standard InChI is InChI=1S/C38H41FN2O.2ClH/c39-37-15-8-31(9-16-37)28-41-24-20-34-13-14-36(26-35(34)21-25-41)38(42)17-10-29-18-22-40(23-19-29)27-30-6-11-33(12-7-30)32-4-2-1-3-5-32;;/h1-9,11-16,26,29H,10,17-25,27-28H2;2*1H. The van der Waals surface area contributed by atoms with Crippen LogP contribution < -0.4 is 0 Å². The number of halogens is 3. The van der Waals surface area contributed by atoms with Gasteiger partial charge in [-0.05, 0) is 103 Å². The first-order chi connectivity index (χ1) is 20.6. The Morgan fingerprint density at radius 2 is 1.23 bits per heavy atom. The first kappa shape index (κ1) is 33.9. The summed E-state index contributed by atoms with van der Waals surface area (Å²) in [6.45, 7) is 5.98. The second-order valence-electron chi connectivity index (χ2n) is 12.1. The highest BCUT2D eigenvalue weighted by Crippen LogP contribution is 2.26. The molecule has 0 atom stereocenters. The average molecular weight is 634 g/mol. The van der Waals surface area contributed by atoms with E-state index in [-0.39, 0.29) is 36.4 Å². The maximum absolute atomic E-state index is 13.3. The topological polar surface area (TPSA) is 23.6 Å². The lowest BCUT2D eigenvalue weighted by atomic mass is 9.89. The summed E-state index contributed by atoms with van der Waals surface area (Å²) in [4.78, 5) is 18.2. The monoisotopic (exact) mass is 632 g/mol. The highest BCUT2D eigenvalue weighted by atomic mass is 35.5. The zero-order valence-electron chi connectivity index (χ0n) is 25.3. The summed E-state index contributed by atoms with van der Waals surface area (Å²) < 4.78 is 13.3. The van der Waals surface area contributed by atoms with Crippen molar-refractivity contribution in [3.63, 3.8) is 0 Å². The highest BCUT2D eigenvalue weighted by molar-refractivity contribution is 5.96. The molecule has 0 saturated carbocycles. The Balaban J connectivity index is 0.00000221. The third kappa shape index (κ3) is 9.01. The molecule has 232 valence electrons. The summed E-state index contributed by atoms with van der Waals surface area (Å²) >= 11 is 0. The lowest BCUT2D eigenvalue weighted by Crippen LogP contribution is -2.33. The number of hydrogen-bond acceptors (Lipinski definition) is 3. The second kappa shape index (κ2) is 16.3. The third-order valence-electron chi connectivity index (χ3n) is 9.20. The smallest absolute Gasteiger partial charge is 0.162 e. The summed E-state index contributed by atoms with van der Waals surface area (Å²) in [5.74, 6) is 0.725. The minimum absolute atomic E-state index is 0. The summed E-state index contributed by atoms with van der Waals surface area (Å²) in [5, 5.41) is 0. The predicted octanol–water partition coefficient (Wildman–Crippen LogP) is 8.81. The van der Waals surface area contributed by atoms with Crippen molar-refractivity contribution in [2.45, 2.75) is 51.6 Å². The van der Waals surface area contributed by atoms with Crippen molar-refractivity contribution in [2.75, 3.05) is 26.2 Å². The van der Waals surface area contributed by atoms with E-state index in [0.717, 1.165) is 69.7 Å². The van der Waals surface area contributed by atoms with Crippen LogP contribution in [0.25, 0.3) is 11.1 Å². The van der Waals surface area contributed by atoms with Crippen molar-refractivity contribution in [2.24, 2.45) is 5.92 Å². The molecule has 2 aliphatic rings. The van der Waals surface area contributed by atoms with Gasteiger partial charge in [0.05, 0.1) is 0 Å². The fraction of sp³-hybridized carbons (Fsp3) is 0.342. The SMILES string of the molecule is Cl.Cl.O=C(CCC1CCN(Cc2ccc(-c3ccccc3)cc2)CC1)c1ccc2c(c1)CCN(Cc1ccc(F)cc1)CC2.